The highest BCUT2D eigenvalue weighted by Gasteiger charge is 2.38. The summed E-state index contributed by atoms with van der Waals surface area (Å²) in [6.07, 6.45) is 4.09. The molecule has 140 valence electrons. The van der Waals surface area contributed by atoms with Crippen molar-refractivity contribution in [1.82, 2.24) is 4.90 Å². The summed E-state index contributed by atoms with van der Waals surface area (Å²) in [4.78, 5) is 15.8. The number of fused-ring (bicyclic) bond motifs is 1. The second-order valence-electron chi connectivity index (χ2n) is 6.67. The van der Waals surface area contributed by atoms with Crippen LogP contribution in [-0.2, 0) is 14.6 Å². The van der Waals surface area contributed by atoms with Gasteiger partial charge in [-0.1, -0.05) is 18.2 Å². The molecule has 2 aromatic rings. The first-order valence-electron chi connectivity index (χ1n) is 8.88. The van der Waals surface area contributed by atoms with Gasteiger partial charge in [-0.2, -0.15) is 0 Å². The van der Waals surface area contributed by atoms with Crippen molar-refractivity contribution in [3.8, 4) is 0 Å². The van der Waals surface area contributed by atoms with Gasteiger partial charge < -0.3 is 9.80 Å². The van der Waals surface area contributed by atoms with E-state index in [2.05, 4.69) is 0 Å². The minimum absolute atomic E-state index is 0.0596. The number of piperidine rings is 1. The first-order chi connectivity index (χ1) is 13.0. The lowest BCUT2D eigenvalue weighted by molar-refractivity contribution is -0.127. The van der Waals surface area contributed by atoms with Crippen molar-refractivity contribution < 1.29 is 17.6 Å². The number of para-hydroxylation sites is 1. The molecule has 2 aliphatic heterocycles. The summed E-state index contributed by atoms with van der Waals surface area (Å²) in [5.74, 6) is -1.03. The van der Waals surface area contributed by atoms with Crippen LogP contribution in [0, 0.1) is 5.82 Å². The Kier molecular flexibility index (Phi) is 4.47. The average molecular weight is 386 g/mol. The van der Waals surface area contributed by atoms with E-state index in [9.17, 15) is 17.6 Å². The molecular weight excluding hydrogens is 367 g/mol. The molecule has 2 aliphatic rings. The monoisotopic (exact) mass is 386 g/mol. The van der Waals surface area contributed by atoms with Crippen molar-refractivity contribution in [3.05, 3.63) is 65.5 Å². The van der Waals surface area contributed by atoms with E-state index in [-0.39, 0.29) is 15.5 Å². The van der Waals surface area contributed by atoms with Gasteiger partial charge in [-0.05, 0) is 49.6 Å². The van der Waals surface area contributed by atoms with Crippen molar-refractivity contribution in [3.63, 3.8) is 0 Å². The number of carbonyl (C=O) groups excluding carboxylic acids is 1. The number of carbonyl (C=O) groups is 1. The number of anilines is 2. The summed E-state index contributed by atoms with van der Waals surface area (Å²) in [5.41, 5.74) is 0.861. The number of hydrogen-bond acceptors (Lipinski definition) is 4. The normalized spacial score (nSPS) is 18.6. The fraction of sp³-hybridized carbons (Fsp3) is 0.250. The van der Waals surface area contributed by atoms with Crippen LogP contribution in [0.1, 0.15) is 19.3 Å². The van der Waals surface area contributed by atoms with Crippen molar-refractivity contribution >= 4 is 27.1 Å². The Hall–Kier alpha value is -2.67. The Morgan fingerprint density at radius 1 is 0.963 bits per heavy atom. The Balaban J connectivity index is 1.87. The number of halogens is 1. The van der Waals surface area contributed by atoms with Gasteiger partial charge in [0.05, 0.1) is 10.6 Å². The summed E-state index contributed by atoms with van der Waals surface area (Å²) >= 11 is 0. The lowest BCUT2D eigenvalue weighted by Gasteiger charge is -2.32. The summed E-state index contributed by atoms with van der Waals surface area (Å²) in [5, 5.41) is 0. The zero-order valence-corrected chi connectivity index (χ0v) is 15.5. The highest BCUT2D eigenvalue weighted by molar-refractivity contribution is 7.96. The van der Waals surface area contributed by atoms with Crippen LogP contribution in [0.5, 0.6) is 0 Å². The van der Waals surface area contributed by atoms with Gasteiger partial charge in [0.25, 0.3) is 5.91 Å². The molecular formula is C20H19FN2O3S. The van der Waals surface area contributed by atoms with E-state index in [4.69, 9.17) is 0 Å². The van der Waals surface area contributed by atoms with Gasteiger partial charge in [-0.3, -0.25) is 4.79 Å². The van der Waals surface area contributed by atoms with Gasteiger partial charge in [0.15, 0.2) is 4.91 Å². The van der Waals surface area contributed by atoms with Crippen molar-refractivity contribution in [1.29, 1.82) is 0 Å². The van der Waals surface area contributed by atoms with Crippen LogP contribution in [0.4, 0.5) is 15.8 Å². The Bertz CT molecular complexity index is 1010. The van der Waals surface area contributed by atoms with Gasteiger partial charge in [-0.25, -0.2) is 12.8 Å². The maximum Gasteiger partial charge on any atom is 0.267 e. The highest BCUT2D eigenvalue weighted by Crippen LogP contribution is 2.40. The lowest BCUT2D eigenvalue weighted by Crippen LogP contribution is -2.39. The fourth-order valence-corrected chi connectivity index (χ4v) is 5.03. The zero-order chi connectivity index (χ0) is 19.0. The molecule has 1 amide bonds. The highest BCUT2D eigenvalue weighted by atomic mass is 32.2. The molecule has 0 radical (unpaired) electrons. The smallest absolute Gasteiger partial charge is 0.267 e. The molecule has 2 aromatic carbocycles. The number of sulfone groups is 1. The number of nitrogens with zero attached hydrogens (tertiary/aromatic N) is 2. The maximum absolute atomic E-state index is 13.9. The molecule has 0 saturated carbocycles. The van der Waals surface area contributed by atoms with E-state index in [0.29, 0.717) is 18.8 Å². The fourth-order valence-electron chi connectivity index (χ4n) is 3.51. The topological polar surface area (TPSA) is 57.7 Å². The molecule has 7 heteroatoms. The number of benzene rings is 2. The standard InChI is InChI=1S/C20H19FN2O3S/c21-15-9-10-18-17(13-15)23(16-7-3-1-4-8-16)14-19(27(18,25)26)20(24)22-11-5-2-6-12-22/h1,3-4,7-10,13-14H,2,5-6,11-12H2. The van der Waals surface area contributed by atoms with Gasteiger partial charge in [-0.15, -0.1) is 0 Å². The minimum atomic E-state index is -4.03. The van der Waals surface area contributed by atoms with Crippen LogP contribution in [-0.4, -0.2) is 32.3 Å². The third kappa shape index (κ3) is 3.12. The minimum Gasteiger partial charge on any atom is -0.338 e. The number of hydrogen-bond donors (Lipinski definition) is 0. The SMILES string of the molecule is O=C(C1=CN(c2ccccc2)c2cc(F)ccc2S1(=O)=O)N1CCCCC1. The van der Waals surface area contributed by atoms with Crippen LogP contribution in [0.25, 0.3) is 0 Å². The van der Waals surface area contributed by atoms with E-state index >= 15 is 0 Å². The van der Waals surface area contributed by atoms with Crippen LogP contribution in [0.3, 0.4) is 0 Å². The first-order valence-corrected chi connectivity index (χ1v) is 10.4. The molecule has 0 spiro atoms. The van der Waals surface area contributed by atoms with Gasteiger partial charge in [0.1, 0.15) is 5.82 Å². The summed E-state index contributed by atoms with van der Waals surface area (Å²) < 4.78 is 40.1. The van der Waals surface area contributed by atoms with Gasteiger partial charge >= 0.3 is 0 Å². The van der Waals surface area contributed by atoms with E-state index in [1.54, 1.807) is 34.1 Å². The lowest BCUT2D eigenvalue weighted by atomic mass is 10.1. The predicted octanol–water partition coefficient (Wildman–Crippen LogP) is 3.61. The largest absolute Gasteiger partial charge is 0.338 e. The van der Waals surface area contributed by atoms with Crippen molar-refractivity contribution in [2.24, 2.45) is 0 Å². The number of rotatable bonds is 2. The molecule has 0 aromatic heterocycles. The second-order valence-corrected chi connectivity index (χ2v) is 8.55. The maximum atomic E-state index is 13.9. The van der Waals surface area contributed by atoms with Gasteiger partial charge in [0, 0.05) is 25.0 Å². The van der Waals surface area contributed by atoms with Crippen LogP contribution in [0.2, 0.25) is 0 Å². The molecule has 1 saturated heterocycles. The van der Waals surface area contributed by atoms with Crippen molar-refractivity contribution in [2.45, 2.75) is 24.2 Å². The number of amides is 1. The summed E-state index contributed by atoms with van der Waals surface area (Å²) in [6, 6.07) is 12.5. The Morgan fingerprint density at radius 2 is 1.67 bits per heavy atom. The molecule has 2 heterocycles. The first kappa shape index (κ1) is 17.7. The molecule has 0 unspecified atom stereocenters. The van der Waals surface area contributed by atoms with E-state index in [1.807, 2.05) is 6.07 Å². The average Bonchev–Trinajstić information content (AvgIpc) is 2.69. The zero-order valence-electron chi connectivity index (χ0n) is 14.6. The predicted molar refractivity (Wildman–Crippen MR) is 101 cm³/mol. The molecule has 1 fully saturated rings. The second kappa shape index (κ2) is 6.81. The Morgan fingerprint density at radius 3 is 2.37 bits per heavy atom. The van der Waals surface area contributed by atoms with Crippen LogP contribution >= 0.6 is 0 Å². The Labute approximate surface area is 157 Å². The third-order valence-electron chi connectivity index (χ3n) is 4.89. The molecule has 4 rings (SSSR count). The number of likely N-dealkylation sites (tertiary alicyclic amines) is 1. The molecule has 0 bridgehead atoms. The molecule has 27 heavy (non-hydrogen) atoms. The molecule has 5 nitrogen and oxygen atoms in total. The van der Waals surface area contributed by atoms with Gasteiger partial charge in [0.2, 0.25) is 9.84 Å². The molecule has 0 N–H and O–H groups in total. The quantitative estimate of drug-likeness (QED) is 0.740. The molecule has 0 aliphatic carbocycles. The van der Waals surface area contributed by atoms with Crippen molar-refractivity contribution in [2.75, 3.05) is 18.0 Å². The van der Waals surface area contributed by atoms with E-state index < -0.39 is 21.6 Å². The summed E-state index contributed by atoms with van der Waals surface area (Å²) in [6.45, 7) is 1.10. The van der Waals surface area contributed by atoms with Crippen LogP contribution in [0.15, 0.2) is 64.5 Å². The molecule has 0 atom stereocenters. The van der Waals surface area contributed by atoms with E-state index in [1.165, 1.54) is 18.3 Å². The third-order valence-corrected chi connectivity index (χ3v) is 6.68. The van der Waals surface area contributed by atoms with E-state index in [0.717, 1.165) is 25.3 Å². The van der Waals surface area contributed by atoms with Crippen LogP contribution < -0.4 is 4.90 Å². The summed E-state index contributed by atoms with van der Waals surface area (Å²) in [7, 11) is -4.03.